The van der Waals surface area contributed by atoms with E-state index < -0.39 is 9.84 Å². The van der Waals surface area contributed by atoms with Crippen molar-refractivity contribution in [2.75, 3.05) is 16.4 Å². The molecule has 2 atom stereocenters. The van der Waals surface area contributed by atoms with Crippen molar-refractivity contribution in [1.82, 2.24) is 0 Å². The van der Waals surface area contributed by atoms with E-state index in [0.717, 1.165) is 17.7 Å². The summed E-state index contributed by atoms with van der Waals surface area (Å²) >= 11 is 1.39. The zero-order valence-electron chi connectivity index (χ0n) is 11.1. The summed E-state index contributed by atoms with van der Waals surface area (Å²) in [5.41, 5.74) is 2.16. The molecule has 2 saturated heterocycles. The Balaban J connectivity index is 0.00000147. The van der Waals surface area contributed by atoms with Crippen LogP contribution in [0, 0.1) is 5.41 Å². The van der Waals surface area contributed by atoms with E-state index in [2.05, 4.69) is 6.92 Å². The molecular weight excluding hydrogens is 360 g/mol. The molecule has 0 radical (unpaired) electrons. The van der Waals surface area contributed by atoms with Crippen LogP contribution in [0.15, 0.2) is 24.3 Å². The second-order valence-electron chi connectivity index (χ2n) is 4.96. The van der Waals surface area contributed by atoms with Crippen LogP contribution in [0.25, 0.3) is 0 Å². The summed E-state index contributed by atoms with van der Waals surface area (Å²) in [5, 5.41) is 8.63. The summed E-state index contributed by atoms with van der Waals surface area (Å²) in [7, 11) is -2.95. The molecule has 2 aliphatic heterocycles. The van der Waals surface area contributed by atoms with Gasteiger partial charge in [-0.3, -0.25) is 5.41 Å². The van der Waals surface area contributed by atoms with Gasteiger partial charge in [-0.25, -0.2) is 8.42 Å². The standard InChI is InChI=1S/C13H16N2O2S2.BrH/c1-2-9-5-3-4-6-10(9)15-11-7-19(16,17)8-12(11)18-13(15)14;/h3-6,11-12,14H,2,7-8H2,1H3;1H/t11-,12+;/m1./s1. The van der Waals surface area contributed by atoms with Crippen molar-refractivity contribution in [3.63, 3.8) is 0 Å². The Hall–Kier alpha value is -0.530. The largest absolute Gasteiger partial charge is 0.316 e. The number of hydrogen-bond acceptors (Lipinski definition) is 4. The average Bonchev–Trinajstić information content (AvgIpc) is 2.79. The number of benzene rings is 1. The van der Waals surface area contributed by atoms with E-state index in [1.807, 2.05) is 29.2 Å². The summed E-state index contributed by atoms with van der Waals surface area (Å²) in [6, 6.07) is 7.89. The molecule has 0 aliphatic carbocycles. The Morgan fingerprint density at radius 3 is 2.75 bits per heavy atom. The Kier molecular flexibility index (Phi) is 4.51. The van der Waals surface area contributed by atoms with Crippen molar-refractivity contribution in [2.24, 2.45) is 0 Å². The lowest BCUT2D eigenvalue weighted by atomic mass is 10.1. The fourth-order valence-corrected chi connectivity index (χ4v) is 6.62. The molecule has 4 nitrogen and oxygen atoms in total. The van der Waals surface area contributed by atoms with E-state index >= 15 is 0 Å². The van der Waals surface area contributed by atoms with Crippen molar-refractivity contribution >= 4 is 49.4 Å². The number of hydrogen-bond donors (Lipinski definition) is 1. The normalized spacial score (nSPS) is 27.2. The van der Waals surface area contributed by atoms with Crippen molar-refractivity contribution < 1.29 is 8.42 Å². The van der Waals surface area contributed by atoms with Crippen LogP contribution >= 0.6 is 28.7 Å². The van der Waals surface area contributed by atoms with E-state index in [1.54, 1.807) is 0 Å². The number of sulfone groups is 1. The highest BCUT2D eigenvalue weighted by molar-refractivity contribution is 8.93. The van der Waals surface area contributed by atoms with E-state index in [1.165, 1.54) is 11.8 Å². The van der Waals surface area contributed by atoms with Crippen molar-refractivity contribution in [3.05, 3.63) is 29.8 Å². The Morgan fingerprint density at radius 2 is 2.05 bits per heavy atom. The number of nitrogens with one attached hydrogen (secondary N) is 1. The fourth-order valence-electron chi connectivity index (χ4n) is 2.83. The van der Waals surface area contributed by atoms with Crippen molar-refractivity contribution in [1.29, 1.82) is 5.41 Å². The molecule has 3 rings (SSSR count). The summed E-state index contributed by atoms with van der Waals surface area (Å²) in [4.78, 5) is 1.92. The van der Waals surface area contributed by atoms with Crippen LogP contribution in [0.3, 0.4) is 0 Å². The molecule has 1 aromatic carbocycles. The molecule has 1 N–H and O–H groups in total. The van der Waals surface area contributed by atoms with Gasteiger partial charge >= 0.3 is 0 Å². The molecule has 0 amide bonds. The quantitative estimate of drug-likeness (QED) is 0.860. The molecule has 110 valence electrons. The van der Waals surface area contributed by atoms with Gasteiger partial charge in [-0.05, 0) is 18.1 Å². The third-order valence-corrected chi connectivity index (χ3v) is 6.85. The first kappa shape index (κ1) is 15.9. The SMILES string of the molecule is Br.CCc1ccccc1N1C(=N)S[C@H]2CS(=O)(=O)C[C@H]21. The van der Waals surface area contributed by atoms with Gasteiger partial charge in [0.15, 0.2) is 15.0 Å². The van der Waals surface area contributed by atoms with Gasteiger partial charge in [-0.2, -0.15) is 0 Å². The number of amidine groups is 1. The number of rotatable bonds is 2. The second kappa shape index (κ2) is 5.69. The Labute approximate surface area is 134 Å². The zero-order valence-corrected chi connectivity index (χ0v) is 14.4. The van der Waals surface area contributed by atoms with E-state index in [9.17, 15) is 8.42 Å². The van der Waals surface area contributed by atoms with Gasteiger partial charge in [0.2, 0.25) is 0 Å². The number of anilines is 1. The van der Waals surface area contributed by atoms with Crippen molar-refractivity contribution in [3.8, 4) is 0 Å². The molecule has 2 aliphatic rings. The monoisotopic (exact) mass is 376 g/mol. The summed E-state index contributed by atoms with van der Waals surface area (Å²) in [6.07, 6.45) is 0.884. The first-order valence-electron chi connectivity index (χ1n) is 6.34. The average molecular weight is 377 g/mol. The van der Waals surface area contributed by atoms with Gasteiger partial charge in [-0.15, -0.1) is 17.0 Å². The molecule has 2 heterocycles. The van der Waals surface area contributed by atoms with Crippen LogP contribution in [0.5, 0.6) is 0 Å². The number of aryl methyl sites for hydroxylation is 1. The maximum atomic E-state index is 11.8. The summed E-state index contributed by atoms with van der Waals surface area (Å²) in [5.74, 6) is 0.376. The van der Waals surface area contributed by atoms with Crippen molar-refractivity contribution in [2.45, 2.75) is 24.6 Å². The molecule has 0 unspecified atom stereocenters. The molecule has 0 spiro atoms. The molecule has 1 aromatic rings. The van der Waals surface area contributed by atoms with Crippen LogP contribution in [0.4, 0.5) is 5.69 Å². The lowest BCUT2D eigenvalue weighted by molar-refractivity contribution is 0.601. The number of nitrogens with zero attached hydrogens (tertiary/aromatic N) is 1. The molecular formula is C13H17BrN2O2S2. The maximum Gasteiger partial charge on any atom is 0.161 e. The second-order valence-corrected chi connectivity index (χ2v) is 8.34. The highest BCUT2D eigenvalue weighted by Crippen LogP contribution is 2.41. The van der Waals surface area contributed by atoms with Gasteiger partial charge in [0.1, 0.15) is 0 Å². The van der Waals surface area contributed by atoms with Crippen LogP contribution < -0.4 is 4.90 Å². The lowest BCUT2D eigenvalue weighted by Gasteiger charge is -2.26. The Morgan fingerprint density at radius 1 is 1.35 bits per heavy atom. The summed E-state index contributed by atoms with van der Waals surface area (Å²) < 4.78 is 23.5. The van der Waals surface area contributed by atoms with Gasteiger partial charge in [-0.1, -0.05) is 36.9 Å². The molecule has 2 fully saturated rings. The number of fused-ring (bicyclic) bond motifs is 1. The van der Waals surface area contributed by atoms with E-state index in [4.69, 9.17) is 5.41 Å². The predicted molar refractivity (Wildman–Crippen MR) is 90.2 cm³/mol. The number of thioether (sulfide) groups is 1. The minimum absolute atomic E-state index is 0. The predicted octanol–water partition coefficient (Wildman–Crippen LogP) is 2.48. The highest BCUT2D eigenvalue weighted by Gasteiger charge is 2.48. The molecule has 7 heteroatoms. The lowest BCUT2D eigenvalue weighted by Crippen LogP contribution is -2.37. The summed E-state index contributed by atoms with van der Waals surface area (Å²) in [6.45, 7) is 2.08. The third kappa shape index (κ3) is 2.63. The first-order valence-corrected chi connectivity index (χ1v) is 9.04. The third-order valence-electron chi connectivity index (χ3n) is 3.72. The van der Waals surface area contributed by atoms with Gasteiger partial charge in [0.25, 0.3) is 0 Å². The van der Waals surface area contributed by atoms with Gasteiger partial charge < -0.3 is 4.90 Å². The minimum atomic E-state index is -2.95. The van der Waals surface area contributed by atoms with Gasteiger partial charge in [0, 0.05) is 10.9 Å². The first-order chi connectivity index (χ1) is 9.02. The minimum Gasteiger partial charge on any atom is -0.316 e. The smallest absolute Gasteiger partial charge is 0.161 e. The number of halogens is 1. The molecule has 20 heavy (non-hydrogen) atoms. The van der Waals surface area contributed by atoms with E-state index in [-0.39, 0.29) is 39.8 Å². The van der Waals surface area contributed by atoms with E-state index in [0.29, 0.717) is 5.17 Å². The van der Waals surface area contributed by atoms with Crippen LogP contribution in [0.1, 0.15) is 12.5 Å². The number of para-hydroxylation sites is 1. The molecule has 0 aromatic heterocycles. The Bertz CT molecular complexity index is 633. The van der Waals surface area contributed by atoms with Gasteiger partial charge in [0.05, 0.1) is 17.5 Å². The fraction of sp³-hybridized carbons (Fsp3) is 0.462. The topological polar surface area (TPSA) is 61.2 Å². The van der Waals surface area contributed by atoms with Crippen LogP contribution in [-0.2, 0) is 16.3 Å². The maximum absolute atomic E-state index is 11.8. The molecule has 0 saturated carbocycles. The highest BCUT2D eigenvalue weighted by atomic mass is 79.9. The van der Waals surface area contributed by atoms with Crippen LogP contribution in [0.2, 0.25) is 0 Å². The zero-order chi connectivity index (χ0) is 13.6. The molecule has 0 bridgehead atoms. The van der Waals surface area contributed by atoms with Crippen LogP contribution in [-0.4, -0.2) is 36.4 Å².